The third kappa shape index (κ3) is 5.66. The van der Waals surface area contributed by atoms with Crippen LogP contribution in [-0.2, 0) is 6.42 Å². The van der Waals surface area contributed by atoms with Gasteiger partial charge in [-0.2, -0.15) is 0 Å². The van der Waals surface area contributed by atoms with Crippen molar-refractivity contribution in [1.82, 2.24) is 19.8 Å². The second-order valence-electron chi connectivity index (χ2n) is 6.75. The number of nitrogens with one attached hydrogen (secondary N) is 1. The van der Waals surface area contributed by atoms with E-state index in [1.807, 2.05) is 24.8 Å². The Morgan fingerprint density at radius 1 is 1.44 bits per heavy atom. The van der Waals surface area contributed by atoms with Crippen LogP contribution in [0.5, 0.6) is 0 Å². The van der Waals surface area contributed by atoms with E-state index in [0.29, 0.717) is 30.5 Å². The van der Waals surface area contributed by atoms with Gasteiger partial charge in [0.05, 0.1) is 12.4 Å². The zero-order valence-corrected chi connectivity index (χ0v) is 19.5. The number of halogens is 3. The monoisotopic (exact) mass is 549 g/mol. The summed E-state index contributed by atoms with van der Waals surface area (Å²) in [6.07, 6.45) is 7.45. The van der Waals surface area contributed by atoms with Crippen molar-refractivity contribution in [2.24, 2.45) is 10.9 Å². The van der Waals surface area contributed by atoms with Crippen molar-refractivity contribution >= 4 is 45.9 Å². The standard InChI is InChI=1S/C19H25BrFN5.HI/c1-14-6-9-25(12-18(14)26-10-8-23-13-26)19(22-2)24-7-5-15-11-16(20)3-4-17(15)21;/h3-4,8,10-11,13-14,18H,5-7,9,12H2,1-2H3,(H,22,24);1H. The molecule has 2 unspecified atom stereocenters. The van der Waals surface area contributed by atoms with Crippen LogP contribution in [0.2, 0.25) is 0 Å². The molecule has 0 aliphatic carbocycles. The number of likely N-dealkylation sites (tertiary alicyclic amines) is 1. The van der Waals surface area contributed by atoms with Crippen LogP contribution >= 0.6 is 39.9 Å². The lowest BCUT2D eigenvalue weighted by atomic mass is 9.93. The van der Waals surface area contributed by atoms with Crippen molar-refractivity contribution in [2.45, 2.75) is 25.8 Å². The molecule has 2 heterocycles. The minimum Gasteiger partial charge on any atom is -0.356 e. The second kappa shape index (κ2) is 10.4. The smallest absolute Gasteiger partial charge is 0.193 e. The lowest BCUT2D eigenvalue weighted by Crippen LogP contribution is -2.49. The summed E-state index contributed by atoms with van der Waals surface area (Å²) < 4.78 is 17.0. The Hall–Kier alpha value is -1.16. The molecule has 0 radical (unpaired) electrons. The van der Waals surface area contributed by atoms with Crippen molar-refractivity contribution in [3.63, 3.8) is 0 Å². The molecule has 0 bridgehead atoms. The van der Waals surface area contributed by atoms with Gasteiger partial charge in [0.2, 0.25) is 0 Å². The van der Waals surface area contributed by atoms with E-state index >= 15 is 0 Å². The molecule has 8 heteroatoms. The van der Waals surface area contributed by atoms with Crippen LogP contribution < -0.4 is 5.32 Å². The molecule has 0 amide bonds. The number of aliphatic imine (C=N–C) groups is 1. The van der Waals surface area contributed by atoms with Crippen molar-refractivity contribution in [3.05, 3.63) is 52.8 Å². The summed E-state index contributed by atoms with van der Waals surface area (Å²) >= 11 is 3.40. The van der Waals surface area contributed by atoms with E-state index in [4.69, 9.17) is 0 Å². The van der Waals surface area contributed by atoms with Crippen molar-refractivity contribution in [3.8, 4) is 0 Å². The molecule has 1 aliphatic heterocycles. The molecule has 3 rings (SSSR count). The molecule has 1 N–H and O–H groups in total. The third-order valence-electron chi connectivity index (χ3n) is 5.02. The summed E-state index contributed by atoms with van der Waals surface area (Å²) in [4.78, 5) is 10.9. The van der Waals surface area contributed by atoms with Crippen LogP contribution in [-0.4, -0.2) is 47.1 Å². The van der Waals surface area contributed by atoms with Gasteiger partial charge in [-0.15, -0.1) is 24.0 Å². The predicted molar refractivity (Wildman–Crippen MR) is 121 cm³/mol. The van der Waals surface area contributed by atoms with Gasteiger partial charge in [-0.1, -0.05) is 22.9 Å². The van der Waals surface area contributed by atoms with Gasteiger partial charge < -0.3 is 14.8 Å². The summed E-state index contributed by atoms with van der Waals surface area (Å²) in [5.41, 5.74) is 0.700. The fourth-order valence-electron chi connectivity index (χ4n) is 3.47. The van der Waals surface area contributed by atoms with Crippen LogP contribution in [0.15, 0.2) is 46.4 Å². The lowest BCUT2D eigenvalue weighted by molar-refractivity contribution is 0.189. The average molecular weight is 550 g/mol. The van der Waals surface area contributed by atoms with E-state index in [-0.39, 0.29) is 29.8 Å². The SMILES string of the molecule is CN=C(NCCc1cc(Br)ccc1F)N1CCC(C)C(n2ccnc2)C1.I. The maximum atomic E-state index is 13.9. The van der Waals surface area contributed by atoms with E-state index in [9.17, 15) is 4.39 Å². The van der Waals surface area contributed by atoms with Crippen LogP contribution in [0.4, 0.5) is 4.39 Å². The highest BCUT2D eigenvalue weighted by atomic mass is 127. The normalized spacial score (nSPS) is 20.3. The zero-order chi connectivity index (χ0) is 18.5. The molecule has 0 spiro atoms. The van der Waals surface area contributed by atoms with E-state index in [0.717, 1.165) is 29.9 Å². The fraction of sp³-hybridized carbons (Fsp3) is 0.474. The summed E-state index contributed by atoms with van der Waals surface area (Å²) in [6, 6.07) is 5.43. The number of hydrogen-bond acceptors (Lipinski definition) is 2. The number of nitrogens with zero attached hydrogens (tertiary/aromatic N) is 4. The molecule has 0 saturated carbocycles. The number of hydrogen-bond donors (Lipinski definition) is 1. The van der Waals surface area contributed by atoms with Gasteiger partial charge in [0, 0.05) is 43.5 Å². The van der Waals surface area contributed by atoms with E-state index in [1.54, 1.807) is 13.1 Å². The first-order valence-electron chi connectivity index (χ1n) is 8.95. The van der Waals surface area contributed by atoms with E-state index < -0.39 is 0 Å². The van der Waals surface area contributed by atoms with Gasteiger partial charge in [-0.05, 0) is 42.5 Å². The quantitative estimate of drug-likeness (QED) is 0.355. The first-order chi connectivity index (χ1) is 12.6. The Bertz CT molecular complexity index is 753. The lowest BCUT2D eigenvalue weighted by Gasteiger charge is -2.39. The van der Waals surface area contributed by atoms with E-state index in [1.165, 1.54) is 6.07 Å². The van der Waals surface area contributed by atoms with Gasteiger partial charge in [0.25, 0.3) is 0 Å². The third-order valence-corrected chi connectivity index (χ3v) is 5.52. The first-order valence-corrected chi connectivity index (χ1v) is 9.74. The maximum absolute atomic E-state index is 13.9. The highest BCUT2D eigenvalue weighted by Crippen LogP contribution is 2.27. The zero-order valence-electron chi connectivity index (χ0n) is 15.6. The molecule has 1 aliphatic rings. The molecule has 27 heavy (non-hydrogen) atoms. The molecular weight excluding hydrogens is 524 g/mol. The van der Waals surface area contributed by atoms with Gasteiger partial charge >= 0.3 is 0 Å². The number of guanidine groups is 1. The van der Waals surface area contributed by atoms with Crippen molar-refractivity contribution in [1.29, 1.82) is 0 Å². The molecule has 1 fully saturated rings. The minimum absolute atomic E-state index is 0. The number of piperidine rings is 1. The van der Waals surface area contributed by atoms with Crippen LogP contribution in [0, 0.1) is 11.7 Å². The highest BCUT2D eigenvalue weighted by molar-refractivity contribution is 14.0. The molecule has 2 atom stereocenters. The highest BCUT2D eigenvalue weighted by Gasteiger charge is 2.28. The average Bonchev–Trinajstić information content (AvgIpc) is 3.17. The maximum Gasteiger partial charge on any atom is 0.193 e. The van der Waals surface area contributed by atoms with Crippen LogP contribution in [0.3, 0.4) is 0 Å². The number of rotatable bonds is 4. The predicted octanol–water partition coefficient (Wildman–Crippen LogP) is 4.10. The molecule has 5 nitrogen and oxygen atoms in total. The van der Waals surface area contributed by atoms with Gasteiger partial charge in [-0.25, -0.2) is 9.37 Å². The van der Waals surface area contributed by atoms with Crippen molar-refractivity contribution < 1.29 is 4.39 Å². The molecular formula is C19H26BrFIN5. The summed E-state index contributed by atoms with van der Waals surface area (Å²) in [5, 5.41) is 3.38. The molecule has 148 valence electrons. The van der Waals surface area contributed by atoms with Crippen LogP contribution in [0.1, 0.15) is 24.9 Å². The Morgan fingerprint density at radius 3 is 2.96 bits per heavy atom. The van der Waals surface area contributed by atoms with Gasteiger partial charge in [0.15, 0.2) is 5.96 Å². The summed E-state index contributed by atoms with van der Waals surface area (Å²) in [7, 11) is 1.80. The largest absolute Gasteiger partial charge is 0.356 e. The van der Waals surface area contributed by atoms with Gasteiger partial charge in [0.1, 0.15) is 5.82 Å². The Morgan fingerprint density at radius 2 is 2.26 bits per heavy atom. The van der Waals surface area contributed by atoms with Crippen molar-refractivity contribution in [2.75, 3.05) is 26.7 Å². The summed E-state index contributed by atoms with van der Waals surface area (Å²) in [5.74, 6) is 1.30. The molecule has 1 aromatic carbocycles. The number of benzene rings is 1. The van der Waals surface area contributed by atoms with Crippen LogP contribution in [0.25, 0.3) is 0 Å². The molecule has 2 aromatic rings. The topological polar surface area (TPSA) is 45.5 Å². The molecule has 1 aromatic heterocycles. The summed E-state index contributed by atoms with van der Waals surface area (Å²) in [6.45, 7) is 4.79. The number of aromatic nitrogens is 2. The second-order valence-corrected chi connectivity index (χ2v) is 7.66. The first kappa shape index (κ1) is 22.1. The van der Waals surface area contributed by atoms with Gasteiger partial charge in [-0.3, -0.25) is 4.99 Å². The Balaban J connectivity index is 0.00000261. The Kier molecular flexibility index (Phi) is 8.53. The molecule has 1 saturated heterocycles. The fourth-order valence-corrected chi connectivity index (χ4v) is 3.88. The van der Waals surface area contributed by atoms with E-state index in [2.05, 4.69) is 47.6 Å². The number of imidazole rings is 1. The minimum atomic E-state index is -0.169. The Labute approximate surface area is 185 Å².